The Kier molecular flexibility index (Phi) is 6.68. The number of benzene rings is 1. The quantitative estimate of drug-likeness (QED) is 0.765. The van der Waals surface area contributed by atoms with Gasteiger partial charge >= 0.3 is 0 Å². The molecule has 1 unspecified atom stereocenters. The van der Waals surface area contributed by atoms with Gasteiger partial charge in [-0.05, 0) is 50.8 Å². The Morgan fingerprint density at radius 3 is 2.46 bits per heavy atom. The summed E-state index contributed by atoms with van der Waals surface area (Å²) in [6.45, 7) is 1.78. The number of hydrogen-bond acceptors (Lipinski definition) is 6. The van der Waals surface area contributed by atoms with Crippen LogP contribution in [-0.4, -0.2) is 48.2 Å². The molecule has 1 aromatic carbocycles. The second-order valence-electron chi connectivity index (χ2n) is 7.41. The van der Waals surface area contributed by atoms with Crippen molar-refractivity contribution in [1.82, 2.24) is 15.3 Å². The van der Waals surface area contributed by atoms with Crippen LogP contribution >= 0.6 is 0 Å². The van der Waals surface area contributed by atoms with Gasteiger partial charge in [0, 0.05) is 32.4 Å². The van der Waals surface area contributed by atoms with E-state index >= 15 is 0 Å². The van der Waals surface area contributed by atoms with Gasteiger partial charge in [0.25, 0.3) is 5.91 Å². The fourth-order valence-corrected chi connectivity index (χ4v) is 3.31. The van der Waals surface area contributed by atoms with Gasteiger partial charge in [-0.1, -0.05) is 18.2 Å². The largest absolute Gasteiger partial charge is 0.481 e. The van der Waals surface area contributed by atoms with Crippen molar-refractivity contribution in [2.75, 3.05) is 24.3 Å². The molecule has 150 valence electrons. The van der Waals surface area contributed by atoms with Crippen LogP contribution in [-0.2, 0) is 4.79 Å². The highest BCUT2D eigenvalue weighted by Crippen LogP contribution is 2.22. The van der Waals surface area contributed by atoms with E-state index in [4.69, 9.17) is 4.74 Å². The van der Waals surface area contributed by atoms with Gasteiger partial charge in [-0.15, -0.1) is 0 Å². The van der Waals surface area contributed by atoms with E-state index in [-0.39, 0.29) is 11.9 Å². The molecule has 0 aliphatic heterocycles. The lowest BCUT2D eigenvalue weighted by Gasteiger charge is -2.30. The average Bonchev–Trinajstić information content (AvgIpc) is 2.70. The third-order valence-corrected chi connectivity index (χ3v) is 4.93. The molecule has 0 bridgehead atoms. The van der Waals surface area contributed by atoms with E-state index in [1.807, 2.05) is 55.4 Å². The number of hydrogen-bond donors (Lipinski definition) is 2. The minimum absolute atomic E-state index is 0.0673. The number of amides is 1. The van der Waals surface area contributed by atoms with Crippen LogP contribution in [0.25, 0.3) is 0 Å². The van der Waals surface area contributed by atoms with Gasteiger partial charge in [0.05, 0.1) is 0 Å². The molecule has 1 aliphatic carbocycles. The van der Waals surface area contributed by atoms with Crippen LogP contribution in [0.3, 0.4) is 0 Å². The van der Waals surface area contributed by atoms with Crippen LogP contribution in [0, 0.1) is 0 Å². The maximum Gasteiger partial charge on any atom is 0.260 e. The van der Waals surface area contributed by atoms with Gasteiger partial charge < -0.3 is 20.3 Å². The third-order valence-electron chi connectivity index (χ3n) is 4.93. The molecule has 28 heavy (non-hydrogen) atoms. The molecule has 0 saturated heterocycles. The van der Waals surface area contributed by atoms with Gasteiger partial charge in [-0.3, -0.25) is 4.79 Å². The summed E-state index contributed by atoms with van der Waals surface area (Å²) in [4.78, 5) is 23.2. The third kappa shape index (κ3) is 5.58. The summed E-state index contributed by atoms with van der Waals surface area (Å²) in [6.07, 6.45) is 5.04. The Labute approximate surface area is 166 Å². The van der Waals surface area contributed by atoms with Crippen LogP contribution in [0.15, 0.2) is 42.6 Å². The maximum atomic E-state index is 12.4. The van der Waals surface area contributed by atoms with Gasteiger partial charge in [0.15, 0.2) is 6.10 Å². The fourth-order valence-electron chi connectivity index (χ4n) is 3.31. The molecule has 3 rings (SSSR count). The summed E-state index contributed by atoms with van der Waals surface area (Å²) in [5.41, 5.74) is 0. The van der Waals surface area contributed by atoms with Crippen molar-refractivity contribution >= 4 is 17.7 Å². The van der Waals surface area contributed by atoms with Crippen LogP contribution in [0.2, 0.25) is 0 Å². The highest BCUT2D eigenvalue weighted by molar-refractivity contribution is 5.81. The Bertz CT molecular complexity index is 760. The molecule has 7 nitrogen and oxygen atoms in total. The van der Waals surface area contributed by atoms with Crippen molar-refractivity contribution in [3.8, 4) is 5.75 Å². The first kappa shape index (κ1) is 19.9. The monoisotopic (exact) mass is 383 g/mol. The summed E-state index contributed by atoms with van der Waals surface area (Å²) in [7, 11) is 3.92. The summed E-state index contributed by atoms with van der Waals surface area (Å²) in [6, 6.07) is 11.8. The van der Waals surface area contributed by atoms with Crippen LogP contribution in [0.4, 0.5) is 11.8 Å². The molecule has 1 fully saturated rings. The minimum Gasteiger partial charge on any atom is -0.481 e. The van der Waals surface area contributed by atoms with Crippen LogP contribution in [0.5, 0.6) is 5.75 Å². The Morgan fingerprint density at radius 2 is 1.79 bits per heavy atom. The number of carbonyl (C=O) groups is 1. The lowest BCUT2D eigenvalue weighted by Crippen LogP contribution is -2.45. The molecule has 1 aliphatic rings. The Hall–Kier alpha value is -2.83. The van der Waals surface area contributed by atoms with Crippen molar-refractivity contribution in [2.45, 2.75) is 50.8 Å². The maximum absolute atomic E-state index is 12.4. The molecular formula is C21H29N5O2. The Morgan fingerprint density at radius 1 is 1.11 bits per heavy atom. The van der Waals surface area contributed by atoms with Crippen LogP contribution < -0.4 is 20.3 Å². The van der Waals surface area contributed by atoms with Gasteiger partial charge in [-0.25, -0.2) is 4.98 Å². The SMILES string of the molecule is CC(Oc1ccccc1)C(=O)NC1CCC(Nc2nccc(N(C)C)n2)CC1. The average molecular weight is 383 g/mol. The van der Waals surface area contributed by atoms with E-state index in [1.165, 1.54) is 0 Å². The molecular weight excluding hydrogens is 354 g/mol. The second-order valence-corrected chi connectivity index (χ2v) is 7.41. The van der Waals surface area contributed by atoms with Gasteiger partial charge in [0.1, 0.15) is 11.6 Å². The smallest absolute Gasteiger partial charge is 0.260 e. The number of aromatic nitrogens is 2. The number of nitrogens with zero attached hydrogens (tertiary/aromatic N) is 3. The van der Waals surface area contributed by atoms with Crippen molar-refractivity contribution in [2.24, 2.45) is 0 Å². The van der Waals surface area contributed by atoms with Gasteiger partial charge in [0.2, 0.25) is 5.95 Å². The number of nitrogens with one attached hydrogen (secondary N) is 2. The van der Waals surface area contributed by atoms with Crippen molar-refractivity contribution in [3.05, 3.63) is 42.6 Å². The molecule has 0 spiro atoms. The number of ether oxygens (including phenoxy) is 1. The van der Waals surface area contributed by atoms with Crippen molar-refractivity contribution in [3.63, 3.8) is 0 Å². The lowest BCUT2D eigenvalue weighted by molar-refractivity contribution is -0.128. The van der Waals surface area contributed by atoms with E-state index in [2.05, 4.69) is 20.6 Å². The molecule has 2 aromatic rings. The molecule has 1 heterocycles. The topological polar surface area (TPSA) is 79.4 Å². The number of anilines is 2. The summed E-state index contributed by atoms with van der Waals surface area (Å²) >= 11 is 0. The van der Waals surface area contributed by atoms with Crippen molar-refractivity contribution in [1.29, 1.82) is 0 Å². The van der Waals surface area contributed by atoms with E-state index in [0.29, 0.717) is 17.7 Å². The molecule has 2 N–H and O–H groups in total. The first-order valence-electron chi connectivity index (χ1n) is 9.80. The number of carbonyl (C=O) groups excluding carboxylic acids is 1. The lowest BCUT2D eigenvalue weighted by atomic mass is 9.91. The zero-order valence-electron chi connectivity index (χ0n) is 16.8. The second kappa shape index (κ2) is 9.39. The minimum atomic E-state index is -0.513. The highest BCUT2D eigenvalue weighted by atomic mass is 16.5. The molecule has 1 atom stereocenters. The van der Waals surface area contributed by atoms with E-state index in [0.717, 1.165) is 31.5 Å². The first-order chi connectivity index (χ1) is 13.5. The van der Waals surface area contributed by atoms with E-state index in [1.54, 1.807) is 13.1 Å². The molecule has 1 amide bonds. The number of rotatable bonds is 7. The standard InChI is InChI=1S/C21H29N5O2/c1-15(28-18-7-5-4-6-8-18)20(27)23-16-9-11-17(12-10-16)24-21-22-14-13-19(25-21)26(2)3/h4-8,13-17H,9-12H2,1-3H3,(H,23,27)(H,22,24,25). The van der Waals surface area contributed by atoms with E-state index < -0.39 is 6.10 Å². The fraction of sp³-hybridized carbons (Fsp3) is 0.476. The molecule has 0 radical (unpaired) electrons. The van der Waals surface area contributed by atoms with E-state index in [9.17, 15) is 4.79 Å². The highest BCUT2D eigenvalue weighted by Gasteiger charge is 2.25. The molecule has 1 aromatic heterocycles. The summed E-state index contributed by atoms with van der Waals surface area (Å²) in [5, 5.41) is 6.54. The predicted octanol–water partition coefficient (Wildman–Crippen LogP) is 2.85. The predicted molar refractivity (Wildman–Crippen MR) is 111 cm³/mol. The molecule has 7 heteroatoms. The van der Waals surface area contributed by atoms with Crippen molar-refractivity contribution < 1.29 is 9.53 Å². The Balaban J connectivity index is 1.43. The van der Waals surface area contributed by atoms with Gasteiger partial charge in [-0.2, -0.15) is 4.98 Å². The molecule has 1 saturated carbocycles. The normalized spacial score (nSPS) is 20.1. The summed E-state index contributed by atoms with van der Waals surface area (Å²) in [5.74, 6) is 2.18. The first-order valence-corrected chi connectivity index (χ1v) is 9.80. The summed E-state index contributed by atoms with van der Waals surface area (Å²) < 4.78 is 5.70. The zero-order chi connectivity index (χ0) is 19.9. The van der Waals surface area contributed by atoms with Crippen LogP contribution in [0.1, 0.15) is 32.6 Å². The zero-order valence-corrected chi connectivity index (χ0v) is 16.8. The number of para-hydroxylation sites is 1.